The molecule has 1 aliphatic heterocycles. The number of anilines is 2. The molecule has 25 heavy (non-hydrogen) atoms. The predicted octanol–water partition coefficient (Wildman–Crippen LogP) is 0.539. The number of nitrogens with one attached hydrogen (secondary N) is 4. The van der Waals surface area contributed by atoms with Crippen LogP contribution in [0.25, 0.3) is 0 Å². The molecule has 0 saturated carbocycles. The van der Waals surface area contributed by atoms with E-state index in [1.165, 1.54) is 6.92 Å². The number of benzene rings is 1. The molecule has 0 aliphatic carbocycles. The highest BCUT2D eigenvalue weighted by Gasteiger charge is 2.24. The van der Waals surface area contributed by atoms with Gasteiger partial charge in [-0.05, 0) is 51.5 Å². The predicted molar refractivity (Wildman–Crippen MR) is 92.9 cm³/mol. The Labute approximate surface area is 145 Å². The van der Waals surface area contributed by atoms with Gasteiger partial charge >= 0.3 is 11.8 Å². The molecular weight excluding hydrogens is 324 g/mol. The molecule has 2 rings (SSSR count). The zero-order chi connectivity index (χ0) is 18.8. The molecular formula is C17H22N4O4. The molecule has 1 aliphatic rings. The van der Waals surface area contributed by atoms with Crippen LogP contribution < -0.4 is 21.3 Å². The summed E-state index contributed by atoms with van der Waals surface area (Å²) in [6.45, 7) is 6.96. The lowest BCUT2D eigenvalue weighted by molar-refractivity contribution is -0.138. The van der Waals surface area contributed by atoms with Crippen LogP contribution in [0.15, 0.2) is 18.2 Å². The molecule has 0 spiro atoms. The fourth-order valence-electron chi connectivity index (χ4n) is 2.30. The van der Waals surface area contributed by atoms with E-state index in [1.54, 1.807) is 18.2 Å². The second kappa shape index (κ2) is 6.92. The van der Waals surface area contributed by atoms with Crippen molar-refractivity contribution in [1.29, 1.82) is 0 Å². The normalized spacial score (nSPS) is 14.2. The van der Waals surface area contributed by atoms with E-state index >= 15 is 0 Å². The molecule has 1 aromatic carbocycles. The summed E-state index contributed by atoms with van der Waals surface area (Å²) in [5.41, 5.74) is 1.41. The second-order valence-corrected chi connectivity index (χ2v) is 6.99. The minimum Gasteiger partial charge on any atom is -0.350 e. The molecule has 0 radical (unpaired) electrons. The van der Waals surface area contributed by atoms with Crippen LogP contribution in [-0.2, 0) is 25.6 Å². The summed E-state index contributed by atoms with van der Waals surface area (Å²) < 4.78 is 0. The third-order valence-corrected chi connectivity index (χ3v) is 3.43. The highest BCUT2D eigenvalue weighted by molar-refractivity contribution is 6.40. The van der Waals surface area contributed by atoms with Crippen LogP contribution in [-0.4, -0.2) is 35.2 Å². The average molecular weight is 346 g/mol. The first-order chi connectivity index (χ1) is 11.5. The van der Waals surface area contributed by atoms with E-state index in [-0.39, 0.29) is 18.2 Å². The van der Waals surface area contributed by atoms with Crippen LogP contribution in [0, 0.1) is 0 Å². The summed E-state index contributed by atoms with van der Waals surface area (Å²) in [5, 5.41) is 10.2. The molecule has 4 N–H and O–H groups in total. The summed E-state index contributed by atoms with van der Waals surface area (Å²) in [4.78, 5) is 47.2. The number of hydrogen-bond donors (Lipinski definition) is 4. The maximum atomic E-state index is 12.0. The van der Waals surface area contributed by atoms with Gasteiger partial charge in [-0.15, -0.1) is 0 Å². The van der Waals surface area contributed by atoms with Crippen molar-refractivity contribution < 1.29 is 19.2 Å². The van der Waals surface area contributed by atoms with Crippen molar-refractivity contribution in [3.63, 3.8) is 0 Å². The molecule has 8 heteroatoms. The summed E-state index contributed by atoms with van der Waals surface area (Å²) in [6.07, 6.45) is 0.231. The molecule has 0 saturated heterocycles. The Morgan fingerprint density at radius 2 is 1.84 bits per heavy atom. The zero-order valence-electron chi connectivity index (χ0n) is 14.6. The largest absolute Gasteiger partial charge is 0.350 e. The van der Waals surface area contributed by atoms with Crippen molar-refractivity contribution in [3.8, 4) is 0 Å². The van der Waals surface area contributed by atoms with E-state index in [9.17, 15) is 19.2 Å². The van der Waals surface area contributed by atoms with Crippen LogP contribution in [0.3, 0.4) is 0 Å². The van der Waals surface area contributed by atoms with Crippen molar-refractivity contribution >= 4 is 35.0 Å². The second-order valence-electron chi connectivity index (χ2n) is 6.99. The van der Waals surface area contributed by atoms with Crippen molar-refractivity contribution in [2.75, 3.05) is 10.6 Å². The molecule has 134 valence electrons. The SMILES string of the molecule is CC(NC(=O)C(=O)Nc1ccc2c(c1)CC(=O)N2)C(=O)NC(C)(C)C. The monoisotopic (exact) mass is 346 g/mol. The Bertz CT molecular complexity index is 737. The van der Waals surface area contributed by atoms with E-state index in [1.807, 2.05) is 20.8 Å². The molecule has 0 aromatic heterocycles. The summed E-state index contributed by atoms with van der Waals surface area (Å²) in [7, 11) is 0. The van der Waals surface area contributed by atoms with Crippen LogP contribution in [0.5, 0.6) is 0 Å². The zero-order valence-corrected chi connectivity index (χ0v) is 14.6. The standard InChI is InChI=1S/C17H22N4O4/c1-9(14(23)21-17(2,3)4)18-15(24)16(25)19-11-5-6-12-10(7-11)8-13(22)20-12/h5-7,9H,8H2,1-4H3,(H,18,24)(H,19,25)(H,20,22)(H,21,23). The minimum absolute atomic E-state index is 0.116. The smallest absolute Gasteiger partial charge is 0.313 e. The fourth-order valence-corrected chi connectivity index (χ4v) is 2.30. The van der Waals surface area contributed by atoms with E-state index in [0.29, 0.717) is 11.4 Å². The molecule has 1 unspecified atom stereocenters. The van der Waals surface area contributed by atoms with Gasteiger partial charge in [0.1, 0.15) is 6.04 Å². The third kappa shape index (κ3) is 5.03. The van der Waals surface area contributed by atoms with E-state index < -0.39 is 23.4 Å². The van der Waals surface area contributed by atoms with E-state index in [2.05, 4.69) is 21.3 Å². The number of fused-ring (bicyclic) bond motifs is 1. The molecule has 0 bridgehead atoms. The van der Waals surface area contributed by atoms with Crippen LogP contribution in [0.4, 0.5) is 11.4 Å². The minimum atomic E-state index is -0.911. The van der Waals surface area contributed by atoms with Gasteiger partial charge in [0.2, 0.25) is 11.8 Å². The van der Waals surface area contributed by atoms with Crippen molar-refractivity contribution in [3.05, 3.63) is 23.8 Å². The maximum absolute atomic E-state index is 12.0. The van der Waals surface area contributed by atoms with Gasteiger partial charge in [-0.25, -0.2) is 0 Å². The molecule has 4 amide bonds. The molecule has 0 fully saturated rings. The third-order valence-electron chi connectivity index (χ3n) is 3.43. The summed E-state index contributed by atoms with van der Waals surface area (Å²) in [6, 6.07) is 4.03. The lowest BCUT2D eigenvalue weighted by Gasteiger charge is -2.23. The first-order valence-electron chi connectivity index (χ1n) is 7.92. The molecule has 8 nitrogen and oxygen atoms in total. The summed E-state index contributed by atoms with van der Waals surface area (Å²) in [5.74, 6) is -2.29. The van der Waals surface area contributed by atoms with Gasteiger partial charge in [0, 0.05) is 16.9 Å². The number of hydrogen-bond acceptors (Lipinski definition) is 4. The van der Waals surface area contributed by atoms with Gasteiger partial charge in [0.05, 0.1) is 6.42 Å². The van der Waals surface area contributed by atoms with Gasteiger partial charge in [-0.2, -0.15) is 0 Å². The number of carbonyl (C=O) groups excluding carboxylic acids is 4. The number of rotatable bonds is 3. The Balaban J connectivity index is 1.92. The van der Waals surface area contributed by atoms with Gasteiger partial charge in [-0.3, -0.25) is 19.2 Å². The highest BCUT2D eigenvalue weighted by atomic mass is 16.2. The van der Waals surface area contributed by atoms with Gasteiger partial charge in [0.15, 0.2) is 0 Å². The first kappa shape index (κ1) is 18.4. The average Bonchev–Trinajstić information content (AvgIpc) is 2.84. The van der Waals surface area contributed by atoms with Crippen molar-refractivity contribution in [2.45, 2.75) is 45.7 Å². The topological polar surface area (TPSA) is 116 Å². The molecule has 1 atom stereocenters. The maximum Gasteiger partial charge on any atom is 0.313 e. The van der Waals surface area contributed by atoms with Crippen molar-refractivity contribution in [1.82, 2.24) is 10.6 Å². The molecule has 1 heterocycles. The molecule has 1 aromatic rings. The van der Waals surface area contributed by atoms with Gasteiger partial charge in [0.25, 0.3) is 0 Å². The number of amides is 4. The first-order valence-corrected chi connectivity index (χ1v) is 7.92. The lowest BCUT2D eigenvalue weighted by atomic mass is 10.1. The van der Waals surface area contributed by atoms with E-state index in [4.69, 9.17) is 0 Å². The van der Waals surface area contributed by atoms with Crippen molar-refractivity contribution in [2.24, 2.45) is 0 Å². The van der Waals surface area contributed by atoms with Gasteiger partial charge in [-0.1, -0.05) is 0 Å². The Morgan fingerprint density at radius 1 is 1.16 bits per heavy atom. The summed E-state index contributed by atoms with van der Waals surface area (Å²) >= 11 is 0. The van der Waals surface area contributed by atoms with E-state index in [0.717, 1.165) is 5.56 Å². The highest BCUT2D eigenvalue weighted by Crippen LogP contribution is 2.25. The van der Waals surface area contributed by atoms with Gasteiger partial charge < -0.3 is 21.3 Å². The van der Waals surface area contributed by atoms with Crippen LogP contribution in [0.1, 0.15) is 33.3 Å². The number of carbonyl (C=O) groups is 4. The fraction of sp³-hybridized carbons (Fsp3) is 0.412. The Morgan fingerprint density at radius 3 is 2.48 bits per heavy atom. The van der Waals surface area contributed by atoms with Crippen LogP contribution in [0.2, 0.25) is 0 Å². The Hall–Kier alpha value is -2.90. The quantitative estimate of drug-likeness (QED) is 0.598. The Kier molecular flexibility index (Phi) is 5.10. The lowest BCUT2D eigenvalue weighted by Crippen LogP contribution is -2.52. The van der Waals surface area contributed by atoms with Crippen LogP contribution >= 0.6 is 0 Å².